The number of aromatic amines is 1. The third kappa shape index (κ3) is 2.29. The number of hydrogen-bond acceptors (Lipinski definition) is 3. The fraction of sp³-hybridized carbons (Fsp3) is 0.167. The van der Waals surface area contributed by atoms with Gasteiger partial charge in [-0.1, -0.05) is 12.1 Å². The third-order valence-corrected chi connectivity index (χ3v) is 4.28. The van der Waals surface area contributed by atoms with Crippen molar-refractivity contribution < 1.29 is 4.39 Å². The summed E-state index contributed by atoms with van der Waals surface area (Å²) in [6, 6.07) is 8.82. The van der Waals surface area contributed by atoms with Gasteiger partial charge in [0.15, 0.2) is 0 Å². The maximum atomic E-state index is 14.3. The van der Waals surface area contributed by atoms with Gasteiger partial charge < -0.3 is 16.0 Å². The molecule has 0 radical (unpaired) electrons. The van der Waals surface area contributed by atoms with E-state index < -0.39 is 0 Å². The average molecular weight is 308 g/mol. The number of nitrogens with one attached hydrogen (secondary N) is 2. The van der Waals surface area contributed by atoms with E-state index in [-0.39, 0.29) is 5.82 Å². The lowest BCUT2D eigenvalue weighted by molar-refractivity contribution is 0.631. The second-order valence-electron chi connectivity index (χ2n) is 5.88. The van der Waals surface area contributed by atoms with Crippen LogP contribution in [0.2, 0.25) is 0 Å². The van der Waals surface area contributed by atoms with Gasteiger partial charge in [-0.3, -0.25) is 0 Å². The van der Waals surface area contributed by atoms with Crippen LogP contribution in [-0.4, -0.2) is 9.97 Å². The second-order valence-corrected chi connectivity index (χ2v) is 5.88. The largest absolute Gasteiger partial charge is 0.399 e. The topological polar surface area (TPSA) is 66.7 Å². The summed E-state index contributed by atoms with van der Waals surface area (Å²) >= 11 is 0. The fourth-order valence-corrected chi connectivity index (χ4v) is 3.18. The van der Waals surface area contributed by atoms with Crippen molar-refractivity contribution in [3.05, 3.63) is 59.2 Å². The minimum absolute atomic E-state index is 0.291. The van der Waals surface area contributed by atoms with Gasteiger partial charge in [-0.25, -0.2) is 9.37 Å². The third-order valence-electron chi connectivity index (χ3n) is 4.28. The van der Waals surface area contributed by atoms with Gasteiger partial charge in [0.2, 0.25) is 0 Å². The van der Waals surface area contributed by atoms with E-state index in [0.29, 0.717) is 11.3 Å². The highest BCUT2D eigenvalue weighted by Crippen LogP contribution is 2.36. The van der Waals surface area contributed by atoms with Crippen molar-refractivity contribution >= 4 is 5.69 Å². The number of fused-ring (bicyclic) bond motifs is 1. The minimum atomic E-state index is -0.291. The summed E-state index contributed by atoms with van der Waals surface area (Å²) in [5.74, 6) is 0.562. The molecular weight excluding hydrogens is 291 g/mol. The predicted octanol–water partition coefficient (Wildman–Crippen LogP) is 3.38. The van der Waals surface area contributed by atoms with E-state index in [4.69, 9.17) is 5.73 Å². The molecule has 0 atom stereocenters. The van der Waals surface area contributed by atoms with Gasteiger partial charge in [-0.15, -0.1) is 0 Å². The minimum Gasteiger partial charge on any atom is -0.399 e. The number of anilines is 1. The number of nitrogen functional groups attached to an aromatic ring is 1. The number of hydrogen-bond donors (Lipinski definition) is 3. The first-order valence-corrected chi connectivity index (χ1v) is 7.56. The Morgan fingerprint density at radius 1 is 1.04 bits per heavy atom. The lowest BCUT2D eigenvalue weighted by Gasteiger charge is -2.12. The summed E-state index contributed by atoms with van der Waals surface area (Å²) in [6.07, 6.45) is 1.82. The Morgan fingerprint density at radius 3 is 2.43 bits per heavy atom. The number of halogens is 1. The van der Waals surface area contributed by atoms with Gasteiger partial charge in [-0.05, 0) is 41.8 Å². The number of nitrogens with two attached hydrogens (primary N) is 1. The Morgan fingerprint density at radius 2 is 1.74 bits per heavy atom. The average Bonchev–Trinajstić information content (AvgIpc) is 3.16. The molecule has 0 unspecified atom stereocenters. The van der Waals surface area contributed by atoms with Crippen molar-refractivity contribution in [2.45, 2.75) is 20.0 Å². The van der Waals surface area contributed by atoms with Gasteiger partial charge >= 0.3 is 0 Å². The molecule has 0 fully saturated rings. The predicted molar refractivity (Wildman–Crippen MR) is 89.1 cm³/mol. The number of benzene rings is 2. The van der Waals surface area contributed by atoms with Gasteiger partial charge in [0, 0.05) is 41.8 Å². The van der Waals surface area contributed by atoms with E-state index >= 15 is 0 Å². The smallest absolute Gasteiger partial charge is 0.137 e. The molecule has 1 aromatic heterocycles. The number of imidazole rings is 1. The maximum Gasteiger partial charge on any atom is 0.137 e. The maximum absolute atomic E-state index is 14.3. The number of aryl methyl sites for hydroxylation is 1. The fourth-order valence-electron chi connectivity index (χ4n) is 3.18. The van der Waals surface area contributed by atoms with Crippen molar-refractivity contribution in [3.8, 4) is 22.5 Å². The summed E-state index contributed by atoms with van der Waals surface area (Å²) in [5.41, 5.74) is 12.0. The van der Waals surface area contributed by atoms with Crippen LogP contribution in [0.25, 0.3) is 22.5 Å². The monoisotopic (exact) mass is 308 g/mol. The molecule has 3 aromatic rings. The van der Waals surface area contributed by atoms with Crippen molar-refractivity contribution in [3.63, 3.8) is 0 Å². The zero-order valence-electron chi connectivity index (χ0n) is 12.8. The molecule has 1 aliphatic heterocycles. The van der Waals surface area contributed by atoms with Gasteiger partial charge in [-0.2, -0.15) is 0 Å². The van der Waals surface area contributed by atoms with Gasteiger partial charge in [0.25, 0.3) is 0 Å². The van der Waals surface area contributed by atoms with Crippen LogP contribution in [0.5, 0.6) is 0 Å². The molecule has 0 aliphatic carbocycles. The molecule has 0 bridgehead atoms. The highest BCUT2D eigenvalue weighted by Gasteiger charge is 2.22. The van der Waals surface area contributed by atoms with Crippen LogP contribution in [0.1, 0.15) is 16.8 Å². The Hall–Kier alpha value is -2.66. The van der Waals surface area contributed by atoms with E-state index in [1.165, 1.54) is 11.6 Å². The van der Waals surface area contributed by atoms with Gasteiger partial charge in [0.1, 0.15) is 11.6 Å². The Bertz CT molecular complexity index is 898. The first-order chi connectivity index (χ1) is 11.1. The van der Waals surface area contributed by atoms with Gasteiger partial charge in [0.05, 0.1) is 0 Å². The quantitative estimate of drug-likeness (QED) is 0.636. The molecule has 0 saturated carbocycles. The van der Waals surface area contributed by atoms with Crippen LogP contribution in [0.4, 0.5) is 10.1 Å². The van der Waals surface area contributed by atoms with Crippen LogP contribution < -0.4 is 11.1 Å². The van der Waals surface area contributed by atoms with Crippen molar-refractivity contribution in [2.75, 3.05) is 5.73 Å². The number of rotatable bonds is 2. The van der Waals surface area contributed by atoms with Crippen LogP contribution >= 0.6 is 0 Å². The number of nitrogens with zero attached hydrogens (tertiary/aromatic N) is 1. The van der Waals surface area contributed by atoms with E-state index in [9.17, 15) is 4.39 Å². The molecule has 4 rings (SSSR count). The molecule has 2 aromatic carbocycles. The van der Waals surface area contributed by atoms with E-state index in [1.807, 2.05) is 25.3 Å². The van der Waals surface area contributed by atoms with Crippen molar-refractivity contribution in [1.29, 1.82) is 0 Å². The van der Waals surface area contributed by atoms with Crippen LogP contribution in [0, 0.1) is 12.7 Å². The van der Waals surface area contributed by atoms with E-state index in [2.05, 4.69) is 15.3 Å². The zero-order chi connectivity index (χ0) is 16.0. The summed E-state index contributed by atoms with van der Waals surface area (Å²) < 4.78 is 14.3. The number of H-pyrrole nitrogens is 1. The molecule has 4 N–H and O–H groups in total. The molecule has 1 aliphatic rings. The molecule has 5 heteroatoms. The van der Waals surface area contributed by atoms with Crippen molar-refractivity contribution in [1.82, 2.24) is 15.3 Å². The first-order valence-electron chi connectivity index (χ1n) is 7.56. The Balaban J connectivity index is 1.89. The standard InChI is InChI=1S/C18H17FN4/c1-10-7-22-18(23-10)14-5-4-12(15-8-21-9-16(14)15)13-3-2-11(20)6-17(13)19/h2-7,21H,8-9,20H2,1H3,(H,22,23). The van der Waals surface area contributed by atoms with Crippen LogP contribution in [0.3, 0.4) is 0 Å². The van der Waals surface area contributed by atoms with Crippen molar-refractivity contribution in [2.24, 2.45) is 0 Å². The second kappa shape index (κ2) is 5.21. The molecule has 116 valence electrons. The van der Waals surface area contributed by atoms with Crippen LogP contribution in [0.15, 0.2) is 36.5 Å². The molecule has 2 heterocycles. The molecule has 0 spiro atoms. The zero-order valence-corrected chi connectivity index (χ0v) is 12.8. The number of aromatic nitrogens is 2. The lowest BCUT2D eigenvalue weighted by atomic mass is 9.93. The lowest BCUT2D eigenvalue weighted by Crippen LogP contribution is -2.00. The molecule has 0 saturated heterocycles. The van der Waals surface area contributed by atoms with E-state index in [0.717, 1.165) is 41.3 Å². The Labute approximate surface area is 133 Å². The SMILES string of the molecule is Cc1cnc(-c2ccc(-c3ccc(N)cc3F)c3c2CNC3)[nH]1. The normalized spacial score (nSPS) is 13.3. The highest BCUT2D eigenvalue weighted by molar-refractivity contribution is 5.77. The first kappa shape index (κ1) is 14.0. The van der Waals surface area contributed by atoms with E-state index in [1.54, 1.807) is 12.1 Å². The molecular formula is C18H17FN4. The summed E-state index contributed by atoms with van der Waals surface area (Å²) in [4.78, 5) is 7.69. The summed E-state index contributed by atoms with van der Waals surface area (Å²) in [5, 5.41) is 3.36. The van der Waals surface area contributed by atoms with Crippen LogP contribution in [-0.2, 0) is 13.1 Å². The Kier molecular flexibility index (Phi) is 3.16. The molecule has 23 heavy (non-hydrogen) atoms. The molecule has 0 amide bonds. The molecule has 4 nitrogen and oxygen atoms in total. The highest BCUT2D eigenvalue weighted by atomic mass is 19.1. The summed E-state index contributed by atoms with van der Waals surface area (Å²) in [7, 11) is 0. The summed E-state index contributed by atoms with van der Waals surface area (Å²) in [6.45, 7) is 3.46.